The zero-order chi connectivity index (χ0) is 9.42. The molecule has 2 rings (SSSR count). The molecule has 0 radical (unpaired) electrons. The van der Waals surface area contributed by atoms with E-state index in [-0.39, 0.29) is 11.8 Å². The molecule has 0 aromatic heterocycles. The van der Waals surface area contributed by atoms with Crippen LogP contribution in [-0.2, 0) is 4.79 Å². The average molecular weight is 184 g/mol. The molecule has 2 aliphatic rings. The number of hydrogen-bond acceptors (Lipinski definition) is 2. The molecule has 13 heavy (non-hydrogen) atoms. The lowest BCUT2D eigenvalue weighted by Crippen LogP contribution is -2.40. The Morgan fingerprint density at radius 3 is 2.85 bits per heavy atom. The Morgan fingerprint density at radius 1 is 1.46 bits per heavy atom. The smallest absolute Gasteiger partial charge is 0.407 e. The summed E-state index contributed by atoms with van der Waals surface area (Å²) in [5.74, 6) is 0.618. The zero-order valence-electron chi connectivity index (χ0n) is 7.19. The highest BCUT2D eigenvalue weighted by atomic mass is 16.4. The molecule has 2 N–H and O–H groups in total. The number of rotatable bonds is 0. The van der Waals surface area contributed by atoms with Crippen LogP contribution in [0.3, 0.4) is 0 Å². The van der Waals surface area contributed by atoms with E-state index in [2.05, 4.69) is 5.32 Å². The Morgan fingerprint density at radius 2 is 2.15 bits per heavy atom. The lowest BCUT2D eigenvalue weighted by Gasteiger charge is -2.23. The van der Waals surface area contributed by atoms with Crippen LogP contribution < -0.4 is 5.32 Å². The molecule has 2 amide bonds. The van der Waals surface area contributed by atoms with Gasteiger partial charge >= 0.3 is 6.09 Å². The van der Waals surface area contributed by atoms with Gasteiger partial charge in [-0.3, -0.25) is 4.79 Å². The van der Waals surface area contributed by atoms with Gasteiger partial charge in [-0.25, -0.2) is 4.79 Å². The molecule has 5 heteroatoms. The van der Waals surface area contributed by atoms with Gasteiger partial charge in [0.2, 0.25) is 5.91 Å². The van der Waals surface area contributed by atoms with Crippen LogP contribution in [0.15, 0.2) is 0 Å². The lowest BCUT2D eigenvalue weighted by atomic mass is 9.89. The molecule has 2 fully saturated rings. The highest BCUT2D eigenvalue weighted by Crippen LogP contribution is 2.28. The first kappa shape index (κ1) is 8.34. The van der Waals surface area contributed by atoms with Gasteiger partial charge in [0.15, 0.2) is 0 Å². The van der Waals surface area contributed by atoms with Gasteiger partial charge in [0, 0.05) is 26.1 Å². The standard InChI is InChI=1S/C8H12N2O3/c11-7-1-5-3-10(8(12)13)4-6(5)2-9-7/h5-6H,1-4H2,(H,9,11)(H,12,13). The predicted octanol–water partition coefficient (Wildman–Crippen LogP) is -0.268. The van der Waals surface area contributed by atoms with E-state index in [0.29, 0.717) is 32.0 Å². The van der Waals surface area contributed by atoms with Crippen LogP contribution in [-0.4, -0.2) is 41.6 Å². The second-order valence-corrected chi connectivity index (χ2v) is 3.72. The summed E-state index contributed by atoms with van der Waals surface area (Å²) in [4.78, 5) is 23.1. The minimum absolute atomic E-state index is 0.0495. The first-order valence-corrected chi connectivity index (χ1v) is 4.41. The number of nitrogens with one attached hydrogen (secondary N) is 1. The van der Waals surface area contributed by atoms with Crippen molar-refractivity contribution in [2.45, 2.75) is 6.42 Å². The summed E-state index contributed by atoms with van der Waals surface area (Å²) in [5, 5.41) is 11.5. The van der Waals surface area contributed by atoms with Crippen molar-refractivity contribution in [1.82, 2.24) is 10.2 Å². The number of amides is 2. The molecule has 0 bridgehead atoms. The maximum atomic E-state index is 11.0. The van der Waals surface area contributed by atoms with E-state index in [0.717, 1.165) is 0 Å². The van der Waals surface area contributed by atoms with E-state index in [1.165, 1.54) is 4.90 Å². The molecule has 0 aromatic rings. The summed E-state index contributed by atoms with van der Waals surface area (Å²) in [6.07, 6.45) is -0.393. The fourth-order valence-corrected chi connectivity index (χ4v) is 2.11. The van der Waals surface area contributed by atoms with E-state index < -0.39 is 6.09 Å². The van der Waals surface area contributed by atoms with Gasteiger partial charge in [-0.2, -0.15) is 0 Å². The van der Waals surface area contributed by atoms with Crippen LogP contribution in [0.5, 0.6) is 0 Å². The number of hydrogen-bond donors (Lipinski definition) is 2. The molecule has 2 heterocycles. The Bertz CT molecular complexity index is 254. The lowest BCUT2D eigenvalue weighted by molar-refractivity contribution is -0.124. The van der Waals surface area contributed by atoms with Crippen molar-refractivity contribution in [2.24, 2.45) is 11.8 Å². The molecule has 0 aliphatic carbocycles. The van der Waals surface area contributed by atoms with Gasteiger partial charge in [-0.15, -0.1) is 0 Å². The van der Waals surface area contributed by atoms with Gasteiger partial charge in [0.05, 0.1) is 0 Å². The third-order valence-corrected chi connectivity index (χ3v) is 2.86. The van der Waals surface area contributed by atoms with E-state index in [9.17, 15) is 9.59 Å². The predicted molar refractivity (Wildman–Crippen MR) is 44.2 cm³/mol. The summed E-state index contributed by atoms with van der Waals surface area (Å²) < 4.78 is 0. The van der Waals surface area contributed by atoms with Crippen LogP contribution in [0.1, 0.15) is 6.42 Å². The van der Waals surface area contributed by atoms with E-state index >= 15 is 0 Å². The van der Waals surface area contributed by atoms with Crippen LogP contribution in [0.25, 0.3) is 0 Å². The fraction of sp³-hybridized carbons (Fsp3) is 0.750. The van der Waals surface area contributed by atoms with Gasteiger partial charge < -0.3 is 15.3 Å². The second-order valence-electron chi connectivity index (χ2n) is 3.72. The molecule has 2 unspecified atom stereocenters. The van der Waals surface area contributed by atoms with Crippen molar-refractivity contribution in [3.05, 3.63) is 0 Å². The summed E-state index contributed by atoms with van der Waals surface area (Å²) in [6.45, 7) is 1.72. The second kappa shape index (κ2) is 2.90. The van der Waals surface area contributed by atoms with Crippen molar-refractivity contribution >= 4 is 12.0 Å². The van der Waals surface area contributed by atoms with Crippen molar-refractivity contribution in [3.63, 3.8) is 0 Å². The maximum absolute atomic E-state index is 11.0. The van der Waals surface area contributed by atoms with E-state index in [4.69, 9.17) is 5.11 Å². The fourth-order valence-electron chi connectivity index (χ4n) is 2.11. The molecule has 0 saturated carbocycles. The molecule has 2 saturated heterocycles. The average Bonchev–Trinajstić information content (AvgIpc) is 2.46. The normalized spacial score (nSPS) is 32.6. The van der Waals surface area contributed by atoms with E-state index in [1.54, 1.807) is 0 Å². The zero-order valence-corrected chi connectivity index (χ0v) is 7.19. The maximum Gasteiger partial charge on any atom is 0.407 e. The Labute approximate surface area is 75.7 Å². The number of carbonyl (C=O) groups excluding carboxylic acids is 1. The van der Waals surface area contributed by atoms with E-state index in [1.807, 2.05) is 0 Å². The van der Waals surface area contributed by atoms with Crippen molar-refractivity contribution in [2.75, 3.05) is 19.6 Å². The van der Waals surface area contributed by atoms with Crippen molar-refractivity contribution < 1.29 is 14.7 Å². The van der Waals surface area contributed by atoms with Crippen molar-refractivity contribution in [3.8, 4) is 0 Å². The molecule has 0 aromatic carbocycles. The number of carbonyl (C=O) groups is 2. The summed E-state index contributed by atoms with van der Waals surface area (Å²) in [5.41, 5.74) is 0. The van der Waals surface area contributed by atoms with Gasteiger partial charge in [0.25, 0.3) is 0 Å². The molecule has 2 atom stereocenters. The first-order chi connectivity index (χ1) is 6.16. The topological polar surface area (TPSA) is 69.6 Å². The Balaban J connectivity index is 2.02. The van der Waals surface area contributed by atoms with Crippen LogP contribution in [0.4, 0.5) is 4.79 Å². The van der Waals surface area contributed by atoms with Gasteiger partial charge in [-0.05, 0) is 11.8 Å². The highest BCUT2D eigenvalue weighted by molar-refractivity contribution is 5.77. The molecule has 5 nitrogen and oxygen atoms in total. The summed E-state index contributed by atoms with van der Waals surface area (Å²) in [7, 11) is 0. The minimum atomic E-state index is -0.873. The minimum Gasteiger partial charge on any atom is -0.465 e. The number of fused-ring (bicyclic) bond motifs is 1. The molecule has 72 valence electrons. The summed E-state index contributed by atoms with van der Waals surface area (Å²) in [6, 6.07) is 0. The third kappa shape index (κ3) is 1.46. The van der Waals surface area contributed by atoms with Crippen LogP contribution in [0.2, 0.25) is 0 Å². The third-order valence-electron chi connectivity index (χ3n) is 2.86. The first-order valence-electron chi connectivity index (χ1n) is 4.41. The van der Waals surface area contributed by atoms with Crippen molar-refractivity contribution in [1.29, 1.82) is 0 Å². The Kier molecular flexibility index (Phi) is 1.86. The number of likely N-dealkylation sites (tertiary alicyclic amines) is 1. The van der Waals surface area contributed by atoms with Gasteiger partial charge in [-0.1, -0.05) is 0 Å². The number of carboxylic acid groups (broad SMARTS) is 1. The quantitative estimate of drug-likeness (QED) is 0.544. The summed E-state index contributed by atoms with van der Waals surface area (Å²) >= 11 is 0. The number of nitrogens with zero attached hydrogens (tertiary/aromatic N) is 1. The molecular weight excluding hydrogens is 172 g/mol. The molecule has 2 aliphatic heterocycles. The number of piperidine rings is 1. The Hall–Kier alpha value is -1.26. The molecule has 0 spiro atoms. The highest BCUT2D eigenvalue weighted by Gasteiger charge is 2.38. The monoisotopic (exact) mass is 184 g/mol. The SMILES string of the molecule is O=C1CC2CN(C(=O)O)CC2CN1. The van der Waals surface area contributed by atoms with Gasteiger partial charge in [0.1, 0.15) is 0 Å². The molecular formula is C8H12N2O3. The largest absolute Gasteiger partial charge is 0.465 e. The van der Waals surface area contributed by atoms with Crippen LogP contribution in [0, 0.1) is 11.8 Å². The van der Waals surface area contributed by atoms with Crippen LogP contribution >= 0.6 is 0 Å².